The maximum atomic E-state index is 13.9. The summed E-state index contributed by atoms with van der Waals surface area (Å²) in [5.74, 6) is -2.39. The van der Waals surface area contributed by atoms with Crippen LogP contribution in [0, 0.1) is 11.6 Å². The van der Waals surface area contributed by atoms with Crippen molar-refractivity contribution in [3.8, 4) is 5.75 Å². The van der Waals surface area contributed by atoms with Crippen molar-refractivity contribution in [3.63, 3.8) is 0 Å². The van der Waals surface area contributed by atoms with E-state index in [0.29, 0.717) is 23.1 Å². The second-order valence-electron chi connectivity index (χ2n) is 6.18. The molecule has 0 saturated heterocycles. The SMILES string of the molecule is C=C/C(=C/C)Oc1ccc(/C=C(\NC(=O)c2ccc(F)cc2F)C(=O)NCCO)cc1. The van der Waals surface area contributed by atoms with E-state index in [-0.39, 0.29) is 18.8 Å². The van der Waals surface area contributed by atoms with Gasteiger partial charge in [0.15, 0.2) is 0 Å². The number of aliphatic hydroxyl groups is 1. The first-order valence-electron chi connectivity index (χ1n) is 9.31. The van der Waals surface area contributed by atoms with E-state index in [1.165, 1.54) is 6.08 Å². The van der Waals surface area contributed by atoms with Gasteiger partial charge in [-0.05, 0) is 55.0 Å². The van der Waals surface area contributed by atoms with E-state index in [1.807, 2.05) is 0 Å². The lowest BCUT2D eigenvalue weighted by Crippen LogP contribution is -2.36. The minimum absolute atomic E-state index is 0.0442. The number of amides is 2. The van der Waals surface area contributed by atoms with Gasteiger partial charge < -0.3 is 20.5 Å². The number of benzene rings is 2. The van der Waals surface area contributed by atoms with Crippen LogP contribution < -0.4 is 15.4 Å². The Morgan fingerprint density at radius 1 is 1.16 bits per heavy atom. The number of rotatable bonds is 9. The summed E-state index contributed by atoms with van der Waals surface area (Å²) >= 11 is 0. The third-order valence-corrected chi connectivity index (χ3v) is 3.98. The van der Waals surface area contributed by atoms with Crippen molar-refractivity contribution < 1.29 is 28.2 Å². The molecule has 2 aromatic rings. The Balaban J connectivity index is 2.28. The summed E-state index contributed by atoms with van der Waals surface area (Å²) < 4.78 is 32.6. The zero-order chi connectivity index (χ0) is 22.8. The molecule has 0 radical (unpaired) electrons. The molecule has 6 nitrogen and oxygen atoms in total. The van der Waals surface area contributed by atoms with E-state index in [1.54, 1.807) is 43.3 Å². The maximum Gasteiger partial charge on any atom is 0.267 e. The first kappa shape index (κ1) is 23.5. The lowest BCUT2D eigenvalue weighted by molar-refractivity contribution is -0.117. The van der Waals surface area contributed by atoms with Gasteiger partial charge in [-0.15, -0.1) is 0 Å². The fourth-order valence-corrected chi connectivity index (χ4v) is 2.44. The van der Waals surface area contributed by atoms with Gasteiger partial charge >= 0.3 is 0 Å². The highest BCUT2D eigenvalue weighted by molar-refractivity contribution is 6.05. The summed E-state index contributed by atoms with van der Waals surface area (Å²) in [7, 11) is 0. The molecule has 0 bridgehead atoms. The van der Waals surface area contributed by atoms with Crippen molar-refractivity contribution in [3.05, 3.63) is 95.4 Å². The van der Waals surface area contributed by atoms with Crippen LogP contribution in [0.25, 0.3) is 6.08 Å². The monoisotopic (exact) mass is 428 g/mol. The van der Waals surface area contributed by atoms with Gasteiger partial charge in [-0.2, -0.15) is 0 Å². The molecule has 0 aromatic heterocycles. The van der Waals surface area contributed by atoms with Gasteiger partial charge in [-0.1, -0.05) is 18.7 Å². The zero-order valence-corrected chi connectivity index (χ0v) is 16.8. The summed E-state index contributed by atoms with van der Waals surface area (Å²) in [5.41, 5.74) is -0.0626. The van der Waals surface area contributed by atoms with Gasteiger partial charge in [0.25, 0.3) is 11.8 Å². The number of carbonyl (C=O) groups is 2. The molecule has 31 heavy (non-hydrogen) atoms. The van der Waals surface area contributed by atoms with Crippen LogP contribution in [0.3, 0.4) is 0 Å². The van der Waals surface area contributed by atoms with E-state index in [2.05, 4.69) is 17.2 Å². The number of ether oxygens (including phenoxy) is 1. The third kappa shape index (κ3) is 6.90. The van der Waals surface area contributed by atoms with Crippen LogP contribution in [0.1, 0.15) is 22.8 Å². The summed E-state index contributed by atoms with van der Waals surface area (Å²) in [4.78, 5) is 24.8. The highest BCUT2D eigenvalue weighted by Crippen LogP contribution is 2.17. The number of nitrogens with one attached hydrogen (secondary N) is 2. The van der Waals surface area contributed by atoms with E-state index in [0.717, 1.165) is 12.1 Å². The van der Waals surface area contributed by atoms with Crippen LogP contribution in [-0.4, -0.2) is 30.1 Å². The van der Waals surface area contributed by atoms with Crippen LogP contribution in [-0.2, 0) is 4.79 Å². The Labute approximate surface area is 178 Å². The third-order valence-electron chi connectivity index (χ3n) is 3.98. The zero-order valence-electron chi connectivity index (χ0n) is 16.8. The number of aliphatic hydroxyl groups excluding tert-OH is 1. The first-order chi connectivity index (χ1) is 14.9. The molecule has 0 aliphatic carbocycles. The lowest BCUT2D eigenvalue weighted by Gasteiger charge is -2.11. The van der Waals surface area contributed by atoms with E-state index in [4.69, 9.17) is 9.84 Å². The van der Waals surface area contributed by atoms with Crippen LogP contribution in [0.5, 0.6) is 5.75 Å². The molecule has 0 heterocycles. The maximum absolute atomic E-state index is 13.9. The average molecular weight is 428 g/mol. The largest absolute Gasteiger partial charge is 0.458 e. The number of hydrogen-bond acceptors (Lipinski definition) is 4. The molecule has 0 atom stereocenters. The molecule has 0 saturated carbocycles. The van der Waals surface area contributed by atoms with Gasteiger partial charge in [-0.25, -0.2) is 8.78 Å². The summed E-state index contributed by atoms with van der Waals surface area (Å²) in [6.07, 6.45) is 4.68. The van der Waals surface area contributed by atoms with Crippen molar-refractivity contribution in [2.45, 2.75) is 6.92 Å². The summed E-state index contributed by atoms with van der Waals surface area (Å²) in [6.45, 7) is 5.10. The van der Waals surface area contributed by atoms with Gasteiger partial charge in [0, 0.05) is 12.6 Å². The minimum Gasteiger partial charge on any atom is -0.458 e. The van der Waals surface area contributed by atoms with Crippen LogP contribution in [0.15, 0.2) is 72.7 Å². The number of carbonyl (C=O) groups excluding carboxylic acids is 2. The molecule has 2 amide bonds. The van der Waals surface area contributed by atoms with Gasteiger partial charge in [0.1, 0.15) is 28.8 Å². The van der Waals surface area contributed by atoms with E-state index >= 15 is 0 Å². The quantitative estimate of drug-likeness (QED) is 0.325. The predicted octanol–water partition coefficient (Wildman–Crippen LogP) is 3.31. The molecule has 2 rings (SSSR count). The molecule has 162 valence electrons. The summed E-state index contributed by atoms with van der Waals surface area (Å²) in [6, 6.07) is 9.10. The molecule has 0 spiro atoms. The number of hydrogen-bond donors (Lipinski definition) is 3. The lowest BCUT2D eigenvalue weighted by atomic mass is 10.1. The Morgan fingerprint density at radius 2 is 1.87 bits per heavy atom. The molecular formula is C23H22F2N2O4. The molecule has 0 unspecified atom stereocenters. The number of allylic oxidation sites excluding steroid dienone is 2. The second-order valence-corrected chi connectivity index (χ2v) is 6.18. The van der Waals surface area contributed by atoms with Crippen molar-refractivity contribution in [1.82, 2.24) is 10.6 Å². The predicted molar refractivity (Wildman–Crippen MR) is 113 cm³/mol. The molecule has 0 aliphatic heterocycles. The smallest absolute Gasteiger partial charge is 0.267 e. The van der Waals surface area contributed by atoms with Crippen LogP contribution >= 0.6 is 0 Å². The van der Waals surface area contributed by atoms with Gasteiger partial charge in [-0.3, -0.25) is 9.59 Å². The molecule has 0 aliphatic rings. The number of halogens is 2. The molecular weight excluding hydrogens is 406 g/mol. The summed E-state index contributed by atoms with van der Waals surface area (Å²) in [5, 5.41) is 13.7. The molecule has 2 aromatic carbocycles. The Morgan fingerprint density at radius 3 is 2.45 bits per heavy atom. The average Bonchev–Trinajstić information content (AvgIpc) is 2.76. The topological polar surface area (TPSA) is 87.7 Å². The molecule has 8 heteroatoms. The minimum atomic E-state index is -1.06. The molecule has 0 fully saturated rings. The van der Waals surface area contributed by atoms with Crippen molar-refractivity contribution in [2.75, 3.05) is 13.2 Å². The Kier molecular flexibility index (Phi) is 8.65. The van der Waals surface area contributed by atoms with Crippen molar-refractivity contribution in [1.29, 1.82) is 0 Å². The highest BCUT2D eigenvalue weighted by atomic mass is 19.1. The molecule has 3 N–H and O–H groups in total. The fraction of sp³-hybridized carbons (Fsp3) is 0.130. The fourth-order valence-electron chi connectivity index (χ4n) is 2.44. The van der Waals surface area contributed by atoms with Crippen LogP contribution in [0.4, 0.5) is 8.78 Å². The first-order valence-corrected chi connectivity index (χ1v) is 9.31. The Bertz CT molecular complexity index is 1010. The van der Waals surface area contributed by atoms with Gasteiger partial charge in [0.05, 0.1) is 12.2 Å². The Hall–Kier alpha value is -3.78. The van der Waals surface area contributed by atoms with Crippen LogP contribution in [0.2, 0.25) is 0 Å². The highest BCUT2D eigenvalue weighted by Gasteiger charge is 2.17. The van der Waals surface area contributed by atoms with Gasteiger partial charge in [0.2, 0.25) is 0 Å². The van der Waals surface area contributed by atoms with Crippen molar-refractivity contribution >= 4 is 17.9 Å². The normalized spacial score (nSPS) is 11.6. The van der Waals surface area contributed by atoms with E-state index in [9.17, 15) is 18.4 Å². The van der Waals surface area contributed by atoms with E-state index < -0.39 is 29.0 Å². The van der Waals surface area contributed by atoms with Crippen molar-refractivity contribution in [2.24, 2.45) is 0 Å². The second kappa shape index (κ2) is 11.4. The standard InChI is InChI=1S/C23H22F2N2O4/c1-3-17(4-2)31-18-8-5-15(6-9-18)13-21(23(30)26-11-12-28)27-22(29)19-10-7-16(24)14-20(19)25/h3-10,13-14,28H,1,11-12H2,2H3,(H,26,30)(H,27,29)/b17-4-,21-13-.